The Bertz CT molecular complexity index is 469. The predicted octanol–water partition coefficient (Wildman–Crippen LogP) is 0.382. The number of hydrogen-bond acceptors (Lipinski definition) is 5. The molecule has 0 aromatic carbocycles. The summed E-state index contributed by atoms with van der Waals surface area (Å²) in [7, 11) is 0. The van der Waals surface area contributed by atoms with E-state index in [1.54, 1.807) is 0 Å². The number of carbonyl (C=O) groups excluding carboxylic acids is 1. The molecule has 2 heterocycles. The number of nitrogens with zero attached hydrogens (tertiary/aromatic N) is 3. The van der Waals surface area contributed by atoms with Crippen molar-refractivity contribution in [3.8, 4) is 0 Å². The summed E-state index contributed by atoms with van der Waals surface area (Å²) in [6, 6.07) is 0.278. The van der Waals surface area contributed by atoms with Crippen LogP contribution in [0.5, 0.6) is 0 Å². The van der Waals surface area contributed by atoms with E-state index in [9.17, 15) is 4.79 Å². The Hall–Kier alpha value is -1.40. The van der Waals surface area contributed by atoms with Crippen LogP contribution in [0.4, 0.5) is 0 Å². The van der Waals surface area contributed by atoms with Crippen LogP contribution < -0.4 is 5.32 Å². The van der Waals surface area contributed by atoms with Crippen LogP contribution in [0.25, 0.3) is 0 Å². The molecular weight excluding hydrogens is 256 g/mol. The molecule has 110 valence electrons. The van der Waals surface area contributed by atoms with Gasteiger partial charge in [0.1, 0.15) is 11.9 Å². The predicted molar refractivity (Wildman–Crippen MR) is 74.1 cm³/mol. The standard InChI is InChI=1S/C14H22N4O2/c1-2-20-14(19)12(16-11-3-4-11)9-17-7-8-18-6-5-15-13(18)10-17/h5-6,11-12,16H,2-4,7-10H2,1H3. The summed E-state index contributed by atoms with van der Waals surface area (Å²) in [5, 5.41) is 3.40. The van der Waals surface area contributed by atoms with Gasteiger partial charge >= 0.3 is 5.97 Å². The second kappa shape index (κ2) is 5.93. The average molecular weight is 278 g/mol. The van der Waals surface area contributed by atoms with E-state index in [1.807, 2.05) is 19.3 Å². The summed E-state index contributed by atoms with van der Waals surface area (Å²) < 4.78 is 7.35. The van der Waals surface area contributed by atoms with Gasteiger partial charge in [0.25, 0.3) is 0 Å². The minimum Gasteiger partial charge on any atom is -0.465 e. The third kappa shape index (κ3) is 3.19. The molecule has 1 atom stereocenters. The fourth-order valence-corrected chi connectivity index (χ4v) is 2.61. The first-order valence-corrected chi connectivity index (χ1v) is 7.41. The van der Waals surface area contributed by atoms with Gasteiger partial charge in [-0.3, -0.25) is 9.69 Å². The average Bonchev–Trinajstić information content (AvgIpc) is 3.13. The summed E-state index contributed by atoms with van der Waals surface area (Å²) in [6.07, 6.45) is 6.18. The minimum atomic E-state index is -0.219. The lowest BCUT2D eigenvalue weighted by atomic mass is 10.2. The summed E-state index contributed by atoms with van der Waals surface area (Å²) in [5.41, 5.74) is 0. The van der Waals surface area contributed by atoms with E-state index in [4.69, 9.17) is 4.74 Å². The molecule has 0 bridgehead atoms. The van der Waals surface area contributed by atoms with Gasteiger partial charge in [-0.15, -0.1) is 0 Å². The molecule has 1 aliphatic carbocycles. The lowest BCUT2D eigenvalue weighted by Gasteiger charge is -2.30. The maximum atomic E-state index is 12.0. The lowest BCUT2D eigenvalue weighted by Crippen LogP contribution is -2.49. The second-order valence-electron chi connectivity index (χ2n) is 5.52. The van der Waals surface area contributed by atoms with Gasteiger partial charge in [0.05, 0.1) is 13.2 Å². The largest absolute Gasteiger partial charge is 0.465 e. The van der Waals surface area contributed by atoms with Crippen molar-refractivity contribution in [3.63, 3.8) is 0 Å². The zero-order valence-corrected chi connectivity index (χ0v) is 11.9. The van der Waals surface area contributed by atoms with Crippen molar-refractivity contribution in [2.24, 2.45) is 0 Å². The fraction of sp³-hybridized carbons (Fsp3) is 0.714. The van der Waals surface area contributed by atoms with Crippen LogP contribution in [0.3, 0.4) is 0 Å². The third-order valence-corrected chi connectivity index (χ3v) is 3.85. The maximum Gasteiger partial charge on any atom is 0.324 e. The maximum absolute atomic E-state index is 12.0. The lowest BCUT2D eigenvalue weighted by molar-refractivity contribution is -0.146. The molecule has 0 saturated heterocycles. The van der Waals surface area contributed by atoms with E-state index in [2.05, 4.69) is 19.8 Å². The third-order valence-electron chi connectivity index (χ3n) is 3.85. The molecular formula is C14H22N4O2. The highest BCUT2D eigenvalue weighted by molar-refractivity contribution is 5.76. The SMILES string of the molecule is CCOC(=O)C(CN1CCn2ccnc2C1)NC1CC1. The molecule has 3 rings (SSSR count). The smallest absolute Gasteiger partial charge is 0.324 e. The van der Waals surface area contributed by atoms with Crippen molar-refractivity contribution >= 4 is 5.97 Å². The van der Waals surface area contributed by atoms with E-state index in [-0.39, 0.29) is 12.0 Å². The molecule has 1 fully saturated rings. The Morgan fingerprint density at radius 1 is 1.55 bits per heavy atom. The summed E-state index contributed by atoms with van der Waals surface area (Å²) in [4.78, 5) is 18.7. The molecule has 1 aromatic heterocycles. The van der Waals surface area contributed by atoms with Gasteiger partial charge < -0.3 is 14.6 Å². The van der Waals surface area contributed by atoms with Gasteiger partial charge in [-0.1, -0.05) is 0 Å². The molecule has 20 heavy (non-hydrogen) atoms. The quantitative estimate of drug-likeness (QED) is 0.763. The molecule has 6 heteroatoms. The second-order valence-corrected chi connectivity index (χ2v) is 5.52. The number of rotatable bonds is 6. The zero-order valence-electron chi connectivity index (χ0n) is 11.9. The van der Waals surface area contributed by atoms with Crippen LogP contribution in [0.2, 0.25) is 0 Å². The number of carbonyl (C=O) groups is 1. The van der Waals surface area contributed by atoms with Gasteiger partial charge in [0.2, 0.25) is 0 Å². The van der Waals surface area contributed by atoms with E-state index in [1.165, 1.54) is 12.8 Å². The highest BCUT2D eigenvalue weighted by Crippen LogP contribution is 2.20. The Balaban J connectivity index is 1.59. The van der Waals surface area contributed by atoms with Crippen molar-refractivity contribution in [1.82, 2.24) is 19.8 Å². The van der Waals surface area contributed by atoms with Gasteiger partial charge in [-0.2, -0.15) is 0 Å². The number of nitrogens with one attached hydrogen (secondary N) is 1. The van der Waals surface area contributed by atoms with Crippen LogP contribution in [0.1, 0.15) is 25.6 Å². The Morgan fingerprint density at radius 3 is 3.15 bits per heavy atom. The van der Waals surface area contributed by atoms with Crippen molar-refractivity contribution in [3.05, 3.63) is 18.2 Å². The highest BCUT2D eigenvalue weighted by Gasteiger charge is 2.31. The number of aromatic nitrogens is 2. The van der Waals surface area contributed by atoms with E-state index in [0.717, 1.165) is 25.5 Å². The molecule has 1 saturated carbocycles. The van der Waals surface area contributed by atoms with E-state index >= 15 is 0 Å². The van der Waals surface area contributed by atoms with Crippen molar-refractivity contribution < 1.29 is 9.53 Å². The van der Waals surface area contributed by atoms with Crippen LogP contribution in [-0.2, 0) is 22.6 Å². The summed E-state index contributed by atoms with van der Waals surface area (Å²) in [5.74, 6) is 0.943. The zero-order chi connectivity index (χ0) is 13.9. The normalized spacial score (nSPS) is 20.4. The Morgan fingerprint density at radius 2 is 2.40 bits per heavy atom. The first kappa shape index (κ1) is 13.6. The van der Waals surface area contributed by atoms with Crippen LogP contribution in [-0.4, -0.2) is 52.2 Å². The van der Waals surface area contributed by atoms with Crippen molar-refractivity contribution in [2.45, 2.75) is 44.9 Å². The molecule has 2 aliphatic rings. The Kier molecular flexibility index (Phi) is 4.03. The minimum absolute atomic E-state index is 0.131. The van der Waals surface area contributed by atoms with Crippen molar-refractivity contribution in [2.75, 3.05) is 19.7 Å². The van der Waals surface area contributed by atoms with Crippen LogP contribution in [0.15, 0.2) is 12.4 Å². The molecule has 0 spiro atoms. The number of hydrogen-bond donors (Lipinski definition) is 1. The van der Waals surface area contributed by atoms with Crippen LogP contribution in [0, 0.1) is 0 Å². The summed E-state index contributed by atoms with van der Waals surface area (Å²) in [6.45, 7) is 5.67. The molecule has 0 radical (unpaired) electrons. The van der Waals surface area contributed by atoms with Gasteiger partial charge in [-0.05, 0) is 19.8 Å². The van der Waals surface area contributed by atoms with E-state index in [0.29, 0.717) is 19.2 Å². The number of esters is 1. The fourth-order valence-electron chi connectivity index (χ4n) is 2.61. The van der Waals surface area contributed by atoms with Crippen molar-refractivity contribution in [1.29, 1.82) is 0 Å². The monoisotopic (exact) mass is 278 g/mol. The molecule has 1 aliphatic heterocycles. The topological polar surface area (TPSA) is 59.4 Å². The first-order chi connectivity index (χ1) is 9.76. The number of imidazole rings is 1. The number of fused-ring (bicyclic) bond motifs is 1. The van der Waals surface area contributed by atoms with Gasteiger partial charge in [0, 0.05) is 38.1 Å². The highest BCUT2D eigenvalue weighted by atomic mass is 16.5. The molecule has 1 N–H and O–H groups in total. The number of ether oxygens (including phenoxy) is 1. The first-order valence-electron chi connectivity index (χ1n) is 7.41. The van der Waals surface area contributed by atoms with Crippen LogP contribution >= 0.6 is 0 Å². The molecule has 1 unspecified atom stereocenters. The summed E-state index contributed by atoms with van der Waals surface area (Å²) >= 11 is 0. The molecule has 6 nitrogen and oxygen atoms in total. The van der Waals surface area contributed by atoms with Gasteiger partial charge in [-0.25, -0.2) is 4.98 Å². The molecule has 0 amide bonds. The van der Waals surface area contributed by atoms with Gasteiger partial charge in [0.15, 0.2) is 0 Å². The Labute approximate surface area is 119 Å². The molecule has 1 aromatic rings. The van der Waals surface area contributed by atoms with E-state index < -0.39 is 0 Å².